The molecule has 2 aromatic rings. The normalized spacial score (nSPS) is 11.7. The Morgan fingerprint density at radius 3 is 2.75 bits per heavy atom. The van der Waals surface area contributed by atoms with Gasteiger partial charge in [0.2, 0.25) is 0 Å². The fraction of sp³-hybridized carbons (Fsp3) is 0.450. The Morgan fingerprint density at radius 2 is 2.00 bits per heavy atom. The third-order valence-electron chi connectivity index (χ3n) is 3.76. The quantitative estimate of drug-likeness (QED) is 0.480. The summed E-state index contributed by atoms with van der Waals surface area (Å²) in [6.45, 7) is 5.20. The van der Waals surface area contributed by atoms with Crippen LogP contribution in [0.1, 0.15) is 51.5 Å². The maximum atomic E-state index is 6.06. The molecule has 0 bridgehead atoms. The third kappa shape index (κ3) is 5.75. The molecule has 0 radical (unpaired) electrons. The molecular formula is C20H28N2OS. The second-order valence-corrected chi connectivity index (χ2v) is 6.73. The molecule has 0 N–H and O–H groups in total. The highest BCUT2D eigenvalue weighted by atomic mass is 32.2. The number of hydrogen-bond donors (Lipinski definition) is 0. The Balaban J connectivity index is 2.19. The van der Waals surface area contributed by atoms with Crippen LogP contribution < -0.4 is 4.74 Å². The molecule has 0 aliphatic rings. The summed E-state index contributed by atoms with van der Waals surface area (Å²) in [6.07, 6.45) is 11.6. The van der Waals surface area contributed by atoms with Crippen LogP contribution >= 0.6 is 11.8 Å². The first-order chi connectivity index (χ1) is 11.9. The van der Waals surface area contributed by atoms with Crippen LogP contribution in [0, 0.1) is 0 Å². The van der Waals surface area contributed by atoms with E-state index in [1.807, 2.05) is 36.5 Å². The van der Waals surface area contributed by atoms with E-state index in [4.69, 9.17) is 4.74 Å². The summed E-state index contributed by atoms with van der Waals surface area (Å²) in [7, 11) is 0. The molecule has 2 rings (SSSR count). The van der Waals surface area contributed by atoms with Crippen LogP contribution in [0.4, 0.5) is 0 Å². The van der Waals surface area contributed by atoms with Crippen molar-refractivity contribution in [2.75, 3.05) is 12.4 Å². The lowest BCUT2D eigenvalue weighted by Gasteiger charge is -2.15. The maximum absolute atomic E-state index is 6.06. The van der Waals surface area contributed by atoms with Crippen LogP contribution in [-0.4, -0.2) is 21.9 Å². The number of aromatic nitrogens is 2. The Morgan fingerprint density at radius 1 is 1.17 bits per heavy atom. The molecule has 0 aliphatic carbocycles. The predicted octanol–water partition coefficient (Wildman–Crippen LogP) is 5.83. The Bertz CT molecular complexity index is 608. The fourth-order valence-corrected chi connectivity index (χ4v) is 3.35. The Labute approximate surface area is 150 Å². The van der Waals surface area contributed by atoms with Gasteiger partial charge in [-0.1, -0.05) is 45.2 Å². The SMILES string of the molecule is CCCCCOc1ccccc1/C(=C\SCCCC)n1ccnc1. The number of ether oxygens (including phenoxy) is 1. The topological polar surface area (TPSA) is 27.1 Å². The number of benzene rings is 1. The summed E-state index contributed by atoms with van der Waals surface area (Å²) in [5.41, 5.74) is 2.25. The first-order valence-electron chi connectivity index (χ1n) is 8.89. The van der Waals surface area contributed by atoms with Crippen LogP contribution in [0.25, 0.3) is 5.70 Å². The van der Waals surface area contributed by atoms with Gasteiger partial charge in [-0.2, -0.15) is 0 Å². The zero-order valence-corrected chi connectivity index (χ0v) is 15.6. The van der Waals surface area contributed by atoms with E-state index in [9.17, 15) is 0 Å². The first kappa shape index (κ1) is 18.7. The van der Waals surface area contributed by atoms with Gasteiger partial charge in [0.25, 0.3) is 0 Å². The molecular weight excluding hydrogens is 316 g/mol. The smallest absolute Gasteiger partial charge is 0.128 e. The lowest BCUT2D eigenvalue weighted by molar-refractivity contribution is 0.305. The summed E-state index contributed by atoms with van der Waals surface area (Å²) < 4.78 is 8.12. The molecule has 1 heterocycles. The fourth-order valence-electron chi connectivity index (χ4n) is 2.37. The average Bonchev–Trinajstić information content (AvgIpc) is 3.14. The molecule has 4 heteroatoms. The number of hydrogen-bond acceptors (Lipinski definition) is 3. The van der Waals surface area contributed by atoms with Gasteiger partial charge in [0.15, 0.2) is 0 Å². The maximum Gasteiger partial charge on any atom is 0.128 e. The van der Waals surface area contributed by atoms with E-state index in [1.54, 1.807) is 0 Å². The molecule has 0 unspecified atom stereocenters. The zero-order valence-electron chi connectivity index (χ0n) is 14.8. The van der Waals surface area contributed by atoms with E-state index < -0.39 is 0 Å². The minimum Gasteiger partial charge on any atom is -0.493 e. The minimum atomic E-state index is 0.769. The molecule has 0 spiro atoms. The largest absolute Gasteiger partial charge is 0.493 e. The van der Waals surface area contributed by atoms with Gasteiger partial charge in [0.1, 0.15) is 5.75 Å². The van der Waals surface area contributed by atoms with Crippen LogP contribution in [-0.2, 0) is 0 Å². The second kappa shape index (κ2) is 11.0. The van der Waals surface area contributed by atoms with Crippen molar-refractivity contribution >= 4 is 17.5 Å². The van der Waals surface area contributed by atoms with Gasteiger partial charge in [0.05, 0.1) is 18.6 Å². The highest BCUT2D eigenvalue weighted by molar-refractivity contribution is 8.02. The van der Waals surface area contributed by atoms with Crippen molar-refractivity contribution in [2.24, 2.45) is 0 Å². The van der Waals surface area contributed by atoms with Crippen molar-refractivity contribution < 1.29 is 4.74 Å². The van der Waals surface area contributed by atoms with E-state index in [-0.39, 0.29) is 0 Å². The Kier molecular flexibility index (Phi) is 8.53. The van der Waals surface area contributed by atoms with Gasteiger partial charge < -0.3 is 9.30 Å². The van der Waals surface area contributed by atoms with E-state index in [0.717, 1.165) is 35.8 Å². The van der Waals surface area contributed by atoms with Gasteiger partial charge in [-0.15, -0.1) is 11.8 Å². The molecule has 0 aliphatic heterocycles. The minimum absolute atomic E-state index is 0.769. The lowest BCUT2D eigenvalue weighted by Crippen LogP contribution is -2.03. The summed E-state index contributed by atoms with van der Waals surface area (Å²) in [4.78, 5) is 4.20. The van der Waals surface area contributed by atoms with Crippen molar-refractivity contribution in [3.8, 4) is 5.75 Å². The molecule has 0 amide bonds. The molecule has 1 aromatic heterocycles. The molecule has 0 fully saturated rings. The number of nitrogens with zero attached hydrogens (tertiary/aromatic N) is 2. The van der Waals surface area contributed by atoms with Gasteiger partial charge in [0, 0.05) is 18.0 Å². The Hall–Kier alpha value is -1.68. The third-order valence-corrected chi connectivity index (χ3v) is 4.68. The second-order valence-electron chi connectivity index (χ2n) is 5.75. The van der Waals surface area contributed by atoms with Gasteiger partial charge in [-0.3, -0.25) is 0 Å². The van der Waals surface area contributed by atoms with E-state index in [2.05, 4.69) is 47.0 Å². The summed E-state index contributed by atoms with van der Waals surface area (Å²) in [5, 5.41) is 2.23. The zero-order chi connectivity index (χ0) is 17.0. The van der Waals surface area contributed by atoms with Gasteiger partial charge in [-0.25, -0.2) is 4.98 Å². The number of unbranched alkanes of at least 4 members (excludes halogenated alkanes) is 3. The van der Waals surface area contributed by atoms with E-state index in [0.29, 0.717) is 0 Å². The summed E-state index contributed by atoms with van der Waals surface area (Å²) in [5.74, 6) is 2.08. The van der Waals surface area contributed by atoms with Crippen LogP contribution in [0.2, 0.25) is 0 Å². The highest BCUT2D eigenvalue weighted by Gasteiger charge is 2.10. The average molecular weight is 345 g/mol. The standard InChI is InChI=1S/C20H28N2OS/c1-3-5-9-14-23-20-11-8-7-10-18(20)19(16-24-15-6-4-2)22-13-12-21-17-22/h7-8,10-13,16-17H,3-6,9,14-15H2,1-2H3/b19-16+. The predicted molar refractivity (Wildman–Crippen MR) is 104 cm³/mol. The molecule has 0 saturated heterocycles. The van der Waals surface area contributed by atoms with Crippen molar-refractivity contribution in [1.82, 2.24) is 9.55 Å². The van der Waals surface area contributed by atoms with Crippen molar-refractivity contribution in [3.63, 3.8) is 0 Å². The van der Waals surface area contributed by atoms with E-state index in [1.165, 1.54) is 25.7 Å². The lowest BCUT2D eigenvalue weighted by atomic mass is 10.1. The van der Waals surface area contributed by atoms with Gasteiger partial charge in [-0.05, 0) is 36.1 Å². The number of para-hydroxylation sites is 1. The molecule has 0 saturated carbocycles. The highest BCUT2D eigenvalue weighted by Crippen LogP contribution is 2.29. The molecule has 130 valence electrons. The molecule has 1 aromatic carbocycles. The van der Waals surface area contributed by atoms with Crippen molar-refractivity contribution in [2.45, 2.75) is 46.0 Å². The van der Waals surface area contributed by atoms with Crippen molar-refractivity contribution in [1.29, 1.82) is 0 Å². The first-order valence-corrected chi connectivity index (χ1v) is 9.94. The van der Waals surface area contributed by atoms with Crippen LogP contribution in [0.5, 0.6) is 5.75 Å². The van der Waals surface area contributed by atoms with Gasteiger partial charge >= 0.3 is 0 Å². The number of rotatable bonds is 11. The summed E-state index contributed by atoms with van der Waals surface area (Å²) in [6, 6.07) is 8.29. The monoisotopic (exact) mass is 344 g/mol. The van der Waals surface area contributed by atoms with Crippen molar-refractivity contribution in [3.05, 3.63) is 54.0 Å². The molecule has 24 heavy (non-hydrogen) atoms. The number of imidazole rings is 1. The van der Waals surface area contributed by atoms with Crippen LogP contribution in [0.15, 0.2) is 48.4 Å². The van der Waals surface area contributed by atoms with E-state index >= 15 is 0 Å². The summed E-state index contributed by atoms with van der Waals surface area (Å²) >= 11 is 1.85. The number of thioether (sulfide) groups is 1. The molecule has 0 atom stereocenters. The van der Waals surface area contributed by atoms with Crippen LogP contribution in [0.3, 0.4) is 0 Å². The molecule has 3 nitrogen and oxygen atoms in total.